The molecule has 4 nitrogen and oxygen atoms in total. The van der Waals surface area contributed by atoms with Crippen LogP contribution in [-0.2, 0) is 0 Å². The Morgan fingerprint density at radius 2 is 2.09 bits per heavy atom. The van der Waals surface area contributed by atoms with Crippen molar-refractivity contribution in [3.63, 3.8) is 0 Å². The van der Waals surface area contributed by atoms with E-state index in [4.69, 9.17) is 0 Å². The average molecular weight is 327 g/mol. The Hall–Kier alpha value is -2.01. The van der Waals surface area contributed by atoms with E-state index in [0.717, 1.165) is 24.5 Å². The second kappa shape index (κ2) is 6.62. The monoisotopic (exact) mass is 327 g/mol. The fourth-order valence-electron chi connectivity index (χ4n) is 2.65. The molecule has 1 aromatic carbocycles. The van der Waals surface area contributed by atoms with Crippen molar-refractivity contribution in [2.24, 2.45) is 0 Å². The fraction of sp³-hybridized carbons (Fsp3) is 0.333. The molecule has 0 unspecified atom stereocenters. The maximum absolute atomic E-state index is 13.1. The third-order valence-corrected chi connectivity index (χ3v) is 5.18. The number of hydrogen-bond acceptors (Lipinski definition) is 4. The van der Waals surface area contributed by atoms with Crippen molar-refractivity contribution in [3.05, 3.63) is 48.2 Å². The van der Waals surface area contributed by atoms with Crippen molar-refractivity contribution in [1.29, 1.82) is 0 Å². The maximum Gasteiger partial charge on any atom is 0.258 e. The molecule has 0 saturated heterocycles. The van der Waals surface area contributed by atoms with E-state index in [1.165, 1.54) is 4.90 Å². The van der Waals surface area contributed by atoms with Crippen LogP contribution in [0.5, 0.6) is 0 Å². The van der Waals surface area contributed by atoms with Gasteiger partial charge in [0.25, 0.3) is 5.91 Å². The van der Waals surface area contributed by atoms with E-state index in [2.05, 4.69) is 18.0 Å². The third kappa shape index (κ3) is 3.34. The summed E-state index contributed by atoms with van der Waals surface area (Å²) in [5.41, 5.74) is 1.69. The van der Waals surface area contributed by atoms with Crippen LogP contribution < -0.4 is 9.80 Å². The van der Waals surface area contributed by atoms with Gasteiger partial charge >= 0.3 is 0 Å². The highest BCUT2D eigenvalue weighted by molar-refractivity contribution is 8.00. The van der Waals surface area contributed by atoms with Crippen LogP contribution in [0, 0.1) is 0 Å². The topological polar surface area (TPSA) is 36.4 Å². The lowest BCUT2D eigenvalue weighted by Crippen LogP contribution is -2.32. The number of carbonyl (C=O) groups is 1. The summed E-state index contributed by atoms with van der Waals surface area (Å²) in [6, 6.07) is 11.8. The highest BCUT2D eigenvalue weighted by Gasteiger charge is 2.25. The van der Waals surface area contributed by atoms with Gasteiger partial charge in [-0.3, -0.25) is 4.79 Å². The second-order valence-corrected chi connectivity index (χ2v) is 7.42. The highest BCUT2D eigenvalue weighted by Crippen LogP contribution is 2.37. The van der Waals surface area contributed by atoms with Gasteiger partial charge in [-0.05, 0) is 30.7 Å². The molecule has 0 spiro atoms. The SMILES string of the molecule is C[C@@H]1CCN(C(=O)c2ccnc(N(C)C)c2)c2ccccc2S1. The first-order valence-electron chi connectivity index (χ1n) is 7.77. The smallest absolute Gasteiger partial charge is 0.258 e. The van der Waals surface area contributed by atoms with Crippen molar-refractivity contribution < 1.29 is 4.79 Å². The number of hydrogen-bond donors (Lipinski definition) is 0. The number of thioether (sulfide) groups is 1. The number of benzene rings is 1. The van der Waals surface area contributed by atoms with E-state index < -0.39 is 0 Å². The van der Waals surface area contributed by atoms with Crippen LogP contribution in [0.4, 0.5) is 11.5 Å². The molecule has 0 bridgehead atoms. The first-order chi connectivity index (χ1) is 11.1. The summed E-state index contributed by atoms with van der Waals surface area (Å²) in [5.74, 6) is 0.833. The van der Waals surface area contributed by atoms with E-state index in [-0.39, 0.29) is 5.91 Å². The molecule has 0 radical (unpaired) electrons. The number of amides is 1. The van der Waals surface area contributed by atoms with E-state index in [1.54, 1.807) is 12.3 Å². The van der Waals surface area contributed by atoms with Gasteiger partial charge in [0.1, 0.15) is 5.82 Å². The van der Waals surface area contributed by atoms with Gasteiger partial charge in [-0.15, -0.1) is 11.8 Å². The predicted octanol–water partition coefficient (Wildman–Crippen LogP) is 3.68. The lowest BCUT2D eigenvalue weighted by atomic mass is 10.2. The number of nitrogens with zero attached hydrogens (tertiary/aromatic N) is 3. The molecule has 23 heavy (non-hydrogen) atoms. The molecule has 1 aromatic heterocycles. The number of anilines is 2. The number of pyridine rings is 1. The molecule has 1 aliphatic rings. The van der Waals surface area contributed by atoms with Crippen LogP contribution in [-0.4, -0.2) is 36.8 Å². The first kappa shape index (κ1) is 15.9. The molecular formula is C18H21N3OS. The molecule has 5 heteroatoms. The Morgan fingerprint density at radius 3 is 2.87 bits per heavy atom. The first-order valence-corrected chi connectivity index (χ1v) is 8.65. The molecule has 0 saturated carbocycles. The average Bonchev–Trinajstić information content (AvgIpc) is 2.72. The van der Waals surface area contributed by atoms with Gasteiger partial charge < -0.3 is 9.80 Å². The fourth-order valence-corrected chi connectivity index (χ4v) is 3.76. The number of carbonyl (C=O) groups excluding carboxylic acids is 1. The largest absolute Gasteiger partial charge is 0.363 e. The summed E-state index contributed by atoms with van der Waals surface area (Å²) >= 11 is 1.84. The van der Waals surface area contributed by atoms with E-state index in [0.29, 0.717) is 10.8 Å². The molecule has 1 aliphatic heterocycles. The summed E-state index contributed by atoms with van der Waals surface area (Å²) in [7, 11) is 3.85. The van der Waals surface area contributed by atoms with Gasteiger partial charge in [-0.25, -0.2) is 4.98 Å². The summed E-state index contributed by atoms with van der Waals surface area (Å²) in [6.07, 6.45) is 2.68. The van der Waals surface area contributed by atoms with E-state index in [1.807, 2.05) is 59.9 Å². The Bertz CT molecular complexity index is 717. The van der Waals surface area contributed by atoms with Crippen molar-refractivity contribution >= 4 is 29.2 Å². The van der Waals surface area contributed by atoms with Crippen LogP contribution in [0.15, 0.2) is 47.5 Å². The lowest BCUT2D eigenvalue weighted by molar-refractivity contribution is 0.0986. The molecule has 1 amide bonds. The number of fused-ring (bicyclic) bond motifs is 1. The second-order valence-electron chi connectivity index (χ2n) is 5.94. The van der Waals surface area contributed by atoms with E-state index in [9.17, 15) is 4.79 Å². The van der Waals surface area contributed by atoms with Crippen LogP contribution >= 0.6 is 11.8 Å². The zero-order valence-electron chi connectivity index (χ0n) is 13.7. The van der Waals surface area contributed by atoms with Crippen LogP contribution in [0.25, 0.3) is 0 Å². The number of para-hydroxylation sites is 1. The Labute approximate surface area is 141 Å². The summed E-state index contributed by atoms with van der Waals surface area (Å²) in [6.45, 7) is 2.95. The van der Waals surface area contributed by atoms with Crippen LogP contribution in [0.3, 0.4) is 0 Å². The zero-order chi connectivity index (χ0) is 16.4. The minimum absolute atomic E-state index is 0.0395. The number of rotatable bonds is 2. The molecule has 0 fully saturated rings. The maximum atomic E-state index is 13.1. The van der Waals surface area contributed by atoms with Gasteiger partial charge in [0.05, 0.1) is 5.69 Å². The Balaban J connectivity index is 1.97. The van der Waals surface area contributed by atoms with Crippen LogP contribution in [0.1, 0.15) is 23.7 Å². The molecule has 0 aliphatic carbocycles. The lowest BCUT2D eigenvalue weighted by Gasteiger charge is -2.23. The van der Waals surface area contributed by atoms with E-state index >= 15 is 0 Å². The van der Waals surface area contributed by atoms with Gasteiger partial charge in [0, 0.05) is 42.5 Å². The summed E-state index contributed by atoms with van der Waals surface area (Å²) in [4.78, 5) is 22.3. The van der Waals surface area contributed by atoms with Crippen molar-refractivity contribution in [2.45, 2.75) is 23.5 Å². The van der Waals surface area contributed by atoms with Crippen molar-refractivity contribution in [2.75, 3.05) is 30.4 Å². The zero-order valence-corrected chi connectivity index (χ0v) is 14.5. The van der Waals surface area contributed by atoms with Crippen molar-refractivity contribution in [3.8, 4) is 0 Å². The molecule has 1 atom stereocenters. The highest BCUT2D eigenvalue weighted by atomic mass is 32.2. The van der Waals surface area contributed by atoms with Gasteiger partial charge in [-0.1, -0.05) is 19.1 Å². The molecule has 2 heterocycles. The molecule has 3 rings (SSSR count). The molecule has 0 N–H and O–H groups in total. The molecule has 120 valence electrons. The standard InChI is InChI=1S/C18H21N3OS/c1-13-9-11-21(15-6-4-5-7-16(15)23-13)18(22)14-8-10-19-17(12-14)20(2)3/h4-8,10,12-13H,9,11H2,1-3H3/t13-/m1/s1. The minimum Gasteiger partial charge on any atom is -0.363 e. The van der Waals surface area contributed by atoms with Gasteiger partial charge in [0.2, 0.25) is 0 Å². The minimum atomic E-state index is 0.0395. The molecular weight excluding hydrogens is 306 g/mol. The quantitative estimate of drug-likeness (QED) is 0.843. The van der Waals surface area contributed by atoms with Gasteiger partial charge in [0.15, 0.2) is 0 Å². The predicted molar refractivity (Wildman–Crippen MR) is 96.6 cm³/mol. The third-order valence-electron chi connectivity index (χ3n) is 3.94. The Kier molecular flexibility index (Phi) is 4.57. The van der Waals surface area contributed by atoms with Crippen LogP contribution in [0.2, 0.25) is 0 Å². The summed E-state index contributed by atoms with van der Waals surface area (Å²) in [5, 5.41) is 0.503. The summed E-state index contributed by atoms with van der Waals surface area (Å²) < 4.78 is 0. The Morgan fingerprint density at radius 1 is 1.30 bits per heavy atom. The number of aromatic nitrogens is 1. The van der Waals surface area contributed by atoms with Gasteiger partial charge in [-0.2, -0.15) is 0 Å². The molecule has 2 aromatic rings. The van der Waals surface area contributed by atoms with Crippen molar-refractivity contribution in [1.82, 2.24) is 4.98 Å². The normalized spacial score (nSPS) is 17.3.